The van der Waals surface area contributed by atoms with Crippen LogP contribution in [0.5, 0.6) is 0 Å². The molecule has 0 saturated carbocycles. The second-order valence-corrected chi connectivity index (χ2v) is 5.58. The van der Waals surface area contributed by atoms with Crippen molar-refractivity contribution in [2.45, 2.75) is 39.2 Å². The molecule has 0 atom stereocenters. The summed E-state index contributed by atoms with van der Waals surface area (Å²) in [7, 11) is 0. The molecule has 0 aliphatic rings. The number of carbonyl (C=O) groups is 1. The van der Waals surface area contributed by atoms with Crippen LogP contribution in [0.1, 0.15) is 39.2 Å². The van der Waals surface area contributed by atoms with Crippen LogP contribution in [0, 0.1) is 0 Å². The quantitative estimate of drug-likeness (QED) is 0.639. The van der Waals surface area contributed by atoms with Crippen molar-refractivity contribution < 1.29 is 9.53 Å². The number of nitrogens with one attached hydrogen (secondary N) is 1. The van der Waals surface area contributed by atoms with E-state index in [0.29, 0.717) is 6.54 Å². The number of carbonyl (C=O) groups excluding carboxylic acids is 1. The number of ether oxygens (including phenoxy) is 1. The smallest absolute Gasteiger partial charge is 0.407 e. The van der Waals surface area contributed by atoms with Crippen molar-refractivity contribution in [3.8, 4) is 0 Å². The van der Waals surface area contributed by atoms with Crippen LogP contribution in [0.4, 0.5) is 4.79 Å². The molecule has 110 valence electrons. The van der Waals surface area contributed by atoms with Crippen molar-refractivity contribution in [2.75, 3.05) is 13.1 Å². The molecular weight excluding hydrogens is 252 g/mol. The lowest BCUT2D eigenvalue weighted by atomic mass is 10.2. The van der Waals surface area contributed by atoms with Gasteiger partial charge in [-0.2, -0.15) is 0 Å². The third-order valence-electron chi connectivity index (χ3n) is 2.42. The van der Waals surface area contributed by atoms with Crippen molar-refractivity contribution in [2.24, 2.45) is 4.99 Å². The van der Waals surface area contributed by atoms with Crippen molar-refractivity contribution in [1.82, 2.24) is 5.32 Å². The molecule has 0 heterocycles. The number of hydrogen-bond donors (Lipinski definition) is 1. The van der Waals surface area contributed by atoms with Gasteiger partial charge < -0.3 is 10.1 Å². The van der Waals surface area contributed by atoms with Gasteiger partial charge in [0.2, 0.25) is 0 Å². The molecule has 0 aliphatic heterocycles. The summed E-state index contributed by atoms with van der Waals surface area (Å²) in [6, 6.07) is 10.0. The molecule has 0 radical (unpaired) electrons. The number of benzene rings is 1. The summed E-state index contributed by atoms with van der Waals surface area (Å²) in [5.41, 5.74) is 0.670. The largest absolute Gasteiger partial charge is 0.444 e. The molecule has 0 fully saturated rings. The number of amides is 1. The first-order valence-electron chi connectivity index (χ1n) is 6.99. The third-order valence-corrected chi connectivity index (χ3v) is 2.42. The third kappa shape index (κ3) is 8.29. The number of hydrogen-bond acceptors (Lipinski definition) is 3. The maximum absolute atomic E-state index is 11.4. The maximum atomic E-state index is 11.4. The molecule has 1 aromatic rings. The van der Waals surface area contributed by atoms with E-state index in [0.717, 1.165) is 24.9 Å². The Labute approximate surface area is 121 Å². The van der Waals surface area contributed by atoms with E-state index in [-0.39, 0.29) is 6.09 Å². The number of unbranched alkanes of at least 4 members (excludes halogenated alkanes) is 1. The zero-order valence-corrected chi connectivity index (χ0v) is 12.6. The van der Waals surface area contributed by atoms with Crippen LogP contribution < -0.4 is 5.32 Å². The Balaban J connectivity index is 2.05. The number of alkyl carbamates (subject to hydrolysis) is 1. The van der Waals surface area contributed by atoms with Gasteiger partial charge in [0.15, 0.2) is 0 Å². The Morgan fingerprint density at radius 3 is 2.60 bits per heavy atom. The number of aliphatic imine (C=N–C) groups is 1. The zero-order chi connectivity index (χ0) is 14.8. The second-order valence-electron chi connectivity index (χ2n) is 5.58. The lowest BCUT2D eigenvalue weighted by Gasteiger charge is -2.19. The van der Waals surface area contributed by atoms with Gasteiger partial charge in [0.1, 0.15) is 5.60 Å². The molecule has 0 aromatic heterocycles. The SMILES string of the molecule is CC(C)(C)OC(=O)NCCCCN=Cc1ccccc1. The van der Waals surface area contributed by atoms with Gasteiger partial charge >= 0.3 is 6.09 Å². The highest BCUT2D eigenvalue weighted by molar-refractivity contribution is 5.79. The number of rotatable bonds is 6. The molecule has 0 aliphatic carbocycles. The van der Waals surface area contributed by atoms with Gasteiger partial charge in [0, 0.05) is 19.3 Å². The Morgan fingerprint density at radius 2 is 1.95 bits per heavy atom. The summed E-state index contributed by atoms with van der Waals surface area (Å²) in [6.45, 7) is 6.95. The summed E-state index contributed by atoms with van der Waals surface area (Å²) in [5.74, 6) is 0. The van der Waals surface area contributed by atoms with Crippen LogP contribution >= 0.6 is 0 Å². The fraction of sp³-hybridized carbons (Fsp3) is 0.500. The highest BCUT2D eigenvalue weighted by atomic mass is 16.6. The van der Waals surface area contributed by atoms with Crippen LogP contribution in [0.3, 0.4) is 0 Å². The molecule has 0 bridgehead atoms. The van der Waals surface area contributed by atoms with E-state index < -0.39 is 5.60 Å². The van der Waals surface area contributed by atoms with E-state index in [2.05, 4.69) is 10.3 Å². The van der Waals surface area contributed by atoms with Crippen LogP contribution in [-0.4, -0.2) is 31.0 Å². The van der Waals surface area contributed by atoms with Crippen molar-refractivity contribution >= 4 is 12.3 Å². The summed E-state index contributed by atoms with van der Waals surface area (Å²) < 4.78 is 5.14. The lowest BCUT2D eigenvalue weighted by molar-refractivity contribution is 0.0527. The van der Waals surface area contributed by atoms with Crippen LogP contribution in [-0.2, 0) is 4.74 Å². The molecular formula is C16H24N2O2. The Bertz CT molecular complexity index is 422. The molecule has 1 rings (SSSR count). The van der Waals surface area contributed by atoms with E-state index in [1.165, 1.54) is 0 Å². The molecule has 4 nitrogen and oxygen atoms in total. The highest BCUT2D eigenvalue weighted by Gasteiger charge is 2.15. The fourth-order valence-corrected chi connectivity index (χ4v) is 1.54. The first kappa shape index (κ1) is 16.2. The van der Waals surface area contributed by atoms with Gasteiger partial charge in [-0.15, -0.1) is 0 Å². The Hall–Kier alpha value is -1.84. The van der Waals surface area contributed by atoms with Crippen LogP contribution in [0.2, 0.25) is 0 Å². The Morgan fingerprint density at radius 1 is 1.25 bits per heavy atom. The first-order chi connectivity index (χ1) is 9.47. The highest BCUT2D eigenvalue weighted by Crippen LogP contribution is 2.06. The van der Waals surface area contributed by atoms with E-state index in [9.17, 15) is 4.79 Å². The van der Waals surface area contributed by atoms with Gasteiger partial charge in [-0.3, -0.25) is 4.99 Å². The van der Waals surface area contributed by atoms with E-state index >= 15 is 0 Å². The fourth-order valence-electron chi connectivity index (χ4n) is 1.54. The van der Waals surface area contributed by atoms with Gasteiger partial charge in [-0.25, -0.2) is 4.79 Å². The van der Waals surface area contributed by atoms with Crippen molar-refractivity contribution in [1.29, 1.82) is 0 Å². The topological polar surface area (TPSA) is 50.7 Å². The summed E-state index contributed by atoms with van der Waals surface area (Å²) in [6.07, 6.45) is 3.36. The predicted octanol–water partition coefficient (Wildman–Crippen LogP) is 3.41. The normalized spacial score (nSPS) is 11.6. The van der Waals surface area contributed by atoms with Crippen molar-refractivity contribution in [3.63, 3.8) is 0 Å². The molecule has 1 amide bonds. The summed E-state index contributed by atoms with van der Waals surface area (Å²) >= 11 is 0. The van der Waals surface area contributed by atoms with Gasteiger partial charge in [0.25, 0.3) is 0 Å². The molecule has 0 unspecified atom stereocenters. The monoisotopic (exact) mass is 276 g/mol. The molecule has 0 spiro atoms. The average molecular weight is 276 g/mol. The molecule has 1 N–H and O–H groups in total. The summed E-state index contributed by atoms with van der Waals surface area (Å²) in [5, 5.41) is 2.73. The predicted molar refractivity (Wildman–Crippen MR) is 82.4 cm³/mol. The maximum Gasteiger partial charge on any atom is 0.407 e. The molecule has 4 heteroatoms. The minimum absolute atomic E-state index is 0.356. The van der Waals surface area contributed by atoms with Gasteiger partial charge in [-0.05, 0) is 39.2 Å². The number of nitrogens with zero attached hydrogens (tertiary/aromatic N) is 1. The molecule has 1 aromatic carbocycles. The first-order valence-corrected chi connectivity index (χ1v) is 6.99. The average Bonchev–Trinajstić information content (AvgIpc) is 2.37. The second kappa shape index (κ2) is 8.35. The van der Waals surface area contributed by atoms with E-state index in [1.54, 1.807) is 0 Å². The van der Waals surface area contributed by atoms with E-state index in [4.69, 9.17) is 4.74 Å². The standard InChI is InChI=1S/C16H24N2O2/c1-16(2,3)20-15(19)18-12-8-7-11-17-13-14-9-5-4-6-10-14/h4-6,9-10,13H,7-8,11-12H2,1-3H3,(H,18,19). The Kier molecular flexibility index (Phi) is 6.77. The van der Waals surface area contributed by atoms with Crippen LogP contribution in [0.15, 0.2) is 35.3 Å². The van der Waals surface area contributed by atoms with E-state index in [1.807, 2.05) is 57.3 Å². The van der Waals surface area contributed by atoms with Gasteiger partial charge in [0.05, 0.1) is 0 Å². The minimum Gasteiger partial charge on any atom is -0.444 e. The van der Waals surface area contributed by atoms with Gasteiger partial charge in [-0.1, -0.05) is 30.3 Å². The van der Waals surface area contributed by atoms with Crippen molar-refractivity contribution in [3.05, 3.63) is 35.9 Å². The molecule has 0 saturated heterocycles. The molecule has 20 heavy (non-hydrogen) atoms. The lowest BCUT2D eigenvalue weighted by Crippen LogP contribution is -2.33. The van der Waals surface area contributed by atoms with Crippen LogP contribution in [0.25, 0.3) is 0 Å². The zero-order valence-electron chi connectivity index (χ0n) is 12.6. The minimum atomic E-state index is -0.440. The summed E-state index contributed by atoms with van der Waals surface area (Å²) in [4.78, 5) is 15.7.